The zero-order chi connectivity index (χ0) is 20.2. The van der Waals surface area contributed by atoms with E-state index in [1.807, 2.05) is 27.7 Å². The molecule has 2 amide bonds. The van der Waals surface area contributed by atoms with Gasteiger partial charge in [-0.15, -0.1) is 0 Å². The lowest BCUT2D eigenvalue weighted by Gasteiger charge is -2.29. The molecule has 1 aliphatic rings. The molecule has 0 aromatic rings. The third-order valence-electron chi connectivity index (χ3n) is 4.94. The monoisotopic (exact) mass is 388 g/mol. The average Bonchev–Trinajstić information content (AvgIpc) is 2.65. The molecular formula is C20H40N2O5. The van der Waals surface area contributed by atoms with Crippen molar-refractivity contribution < 1.29 is 26.7 Å². The minimum absolute atomic E-state index is 0. The van der Waals surface area contributed by atoms with Crippen LogP contribution in [0.4, 0.5) is 0 Å². The van der Waals surface area contributed by atoms with E-state index < -0.39 is 0 Å². The molecule has 7 heteroatoms. The van der Waals surface area contributed by atoms with Gasteiger partial charge in [0, 0.05) is 27.3 Å². The van der Waals surface area contributed by atoms with Gasteiger partial charge in [-0.1, -0.05) is 20.8 Å². The highest BCUT2D eigenvalue weighted by molar-refractivity contribution is 5.83. The summed E-state index contributed by atoms with van der Waals surface area (Å²) in [6.45, 7) is 8.43. The van der Waals surface area contributed by atoms with Crippen LogP contribution < -0.4 is 10.6 Å². The molecule has 1 rings (SSSR count). The van der Waals surface area contributed by atoms with Gasteiger partial charge in [-0.2, -0.15) is 0 Å². The molecule has 0 bridgehead atoms. The number of hydrogen-bond donors (Lipinski definition) is 2. The molecule has 1 unspecified atom stereocenters. The topological polar surface area (TPSA) is 93.7 Å². The lowest BCUT2D eigenvalue weighted by molar-refractivity contribution is -0.128. The van der Waals surface area contributed by atoms with Crippen LogP contribution in [0.2, 0.25) is 0 Å². The maximum absolute atomic E-state index is 12.0. The fourth-order valence-electron chi connectivity index (χ4n) is 3.08. The van der Waals surface area contributed by atoms with Crippen molar-refractivity contribution in [1.82, 2.24) is 10.6 Å². The van der Waals surface area contributed by atoms with Gasteiger partial charge in [-0.05, 0) is 39.0 Å². The summed E-state index contributed by atoms with van der Waals surface area (Å²) in [5, 5.41) is 5.65. The molecule has 160 valence electrons. The first-order valence-corrected chi connectivity index (χ1v) is 10.1. The third kappa shape index (κ3) is 9.86. The van der Waals surface area contributed by atoms with Crippen molar-refractivity contribution in [2.75, 3.05) is 26.4 Å². The zero-order valence-corrected chi connectivity index (χ0v) is 17.2. The van der Waals surface area contributed by atoms with E-state index in [0.717, 1.165) is 32.1 Å². The fraction of sp³-hybridized carbons (Fsp3) is 0.850. The number of nitrogens with one attached hydrogen (secondary N) is 2. The Morgan fingerprint density at radius 2 is 1.70 bits per heavy atom. The van der Waals surface area contributed by atoms with Crippen LogP contribution in [0, 0.1) is 11.8 Å². The molecule has 1 saturated carbocycles. The van der Waals surface area contributed by atoms with E-state index in [1.165, 1.54) is 0 Å². The van der Waals surface area contributed by atoms with E-state index >= 15 is 0 Å². The van der Waals surface area contributed by atoms with Crippen LogP contribution in [0.5, 0.6) is 0 Å². The van der Waals surface area contributed by atoms with Gasteiger partial charge in [0.1, 0.15) is 19.0 Å². The molecule has 2 N–H and O–H groups in total. The predicted octanol–water partition coefficient (Wildman–Crippen LogP) is 2.33. The largest absolute Gasteiger partial charge is 0.370 e. The van der Waals surface area contributed by atoms with Crippen molar-refractivity contribution in [1.29, 1.82) is 0 Å². The van der Waals surface area contributed by atoms with Crippen LogP contribution in [0.1, 0.15) is 62.7 Å². The van der Waals surface area contributed by atoms with Gasteiger partial charge in [0.05, 0.1) is 12.7 Å². The molecule has 0 saturated heterocycles. The van der Waals surface area contributed by atoms with Crippen LogP contribution in [0.3, 0.4) is 0 Å². The van der Waals surface area contributed by atoms with Gasteiger partial charge < -0.3 is 20.1 Å². The van der Waals surface area contributed by atoms with Crippen LogP contribution in [-0.2, 0) is 23.9 Å². The highest BCUT2D eigenvalue weighted by Gasteiger charge is 2.28. The summed E-state index contributed by atoms with van der Waals surface area (Å²) < 4.78 is 10.6. The molecule has 0 aromatic carbocycles. The van der Waals surface area contributed by atoms with Crippen LogP contribution in [0.15, 0.2) is 0 Å². The van der Waals surface area contributed by atoms with Gasteiger partial charge in [0.2, 0.25) is 11.8 Å². The van der Waals surface area contributed by atoms with Crippen molar-refractivity contribution in [2.24, 2.45) is 11.8 Å². The Bertz CT molecular complexity index is 483. The van der Waals surface area contributed by atoms with E-state index in [2.05, 4.69) is 10.6 Å². The number of carbonyl (C=O) groups excluding carboxylic acids is 3. The lowest BCUT2D eigenvalue weighted by atomic mass is 9.80. The minimum Gasteiger partial charge on any atom is -0.370 e. The summed E-state index contributed by atoms with van der Waals surface area (Å²) >= 11 is 0. The summed E-state index contributed by atoms with van der Waals surface area (Å²) in [6.07, 6.45) is 4.28. The first kappa shape index (κ1) is 23.6. The molecule has 1 atom stereocenters. The van der Waals surface area contributed by atoms with E-state index in [-0.39, 0.29) is 58.5 Å². The third-order valence-corrected chi connectivity index (χ3v) is 4.94. The molecule has 0 aliphatic heterocycles. The summed E-state index contributed by atoms with van der Waals surface area (Å²) in [5.74, 6) is 0.217. The molecule has 0 spiro atoms. The number of carbonyl (C=O) groups is 3. The standard InChI is InChI=1S/C20H36N2O5.2H2/c1-5-15(4)27-13-18(23)21-10-11-26-12-19(24)22-17-8-6-16(7-9-17)20(25)14(2)3;;/h14-17H,5-13H2,1-4H3,(H,21,23)(H,22,24);2*1H. The summed E-state index contributed by atoms with van der Waals surface area (Å²) in [7, 11) is 0. The van der Waals surface area contributed by atoms with Gasteiger partial charge in [0.25, 0.3) is 0 Å². The minimum atomic E-state index is -0.184. The molecular weight excluding hydrogens is 348 g/mol. The van der Waals surface area contributed by atoms with Gasteiger partial charge in [-0.3, -0.25) is 14.4 Å². The Kier molecular flexibility index (Phi) is 11.2. The molecule has 1 fully saturated rings. The van der Waals surface area contributed by atoms with Crippen molar-refractivity contribution >= 4 is 17.6 Å². The maximum Gasteiger partial charge on any atom is 0.246 e. The Morgan fingerprint density at radius 3 is 2.30 bits per heavy atom. The van der Waals surface area contributed by atoms with Crippen molar-refractivity contribution in [3.05, 3.63) is 0 Å². The second kappa shape index (κ2) is 12.8. The number of ether oxygens (including phenoxy) is 2. The number of hydrogen-bond acceptors (Lipinski definition) is 5. The lowest BCUT2D eigenvalue weighted by Crippen LogP contribution is -2.41. The van der Waals surface area contributed by atoms with E-state index in [4.69, 9.17) is 9.47 Å². The van der Waals surface area contributed by atoms with Crippen LogP contribution >= 0.6 is 0 Å². The Labute approximate surface area is 165 Å². The molecule has 27 heavy (non-hydrogen) atoms. The molecule has 0 heterocycles. The summed E-state index contributed by atoms with van der Waals surface area (Å²) in [5.41, 5.74) is 0. The second-order valence-corrected chi connectivity index (χ2v) is 7.61. The number of amides is 2. The van der Waals surface area contributed by atoms with Gasteiger partial charge in [-0.25, -0.2) is 0 Å². The van der Waals surface area contributed by atoms with Crippen molar-refractivity contribution in [3.63, 3.8) is 0 Å². The number of Topliss-reactive ketones (excluding diaryl/α,β-unsaturated/α-hetero) is 1. The highest BCUT2D eigenvalue weighted by Crippen LogP contribution is 2.27. The Hall–Kier alpha value is -1.47. The van der Waals surface area contributed by atoms with Crippen molar-refractivity contribution in [2.45, 2.75) is 71.9 Å². The highest BCUT2D eigenvalue weighted by atomic mass is 16.5. The van der Waals surface area contributed by atoms with Gasteiger partial charge >= 0.3 is 0 Å². The second-order valence-electron chi connectivity index (χ2n) is 7.61. The average molecular weight is 389 g/mol. The Morgan fingerprint density at radius 1 is 1.04 bits per heavy atom. The zero-order valence-electron chi connectivity index (χ0n) is 17.2. The maximum atomic E-state index is 12.0. The van der Waals surface area contributed by atoms with Gasteiger partial charge in [0.15, 0.2) is 0 Å². The first-order chi connectivity index (χ1) is 12.8. The van der Waals surface area contributed by atoms with E-state index in [9.17, 15) is 14.4 Å². The fourth-order valence-corrected chi connectivity index (χ4v) is 3.08. The smallest absolute Gasteiger partial charge is 0.246 e. The molecule has 1 aliphatic carbocycles. The predicted molar refractivity (Wildman–Crippen MR) is 107 cm³/mol. The SMILES string of the molecule is CCC(C)OCC(=O)NCCOCC(=O)NC1CCC(C(=O)C(C)C)CC1.[HH].[HH]. The van der Waals surface area contributed by atoms with Crippen molar-refractivity contribution in [3.8, 4) is 0 Å². The molecule has 0 radical (unpaired) electrons. The number of rotatable bonds is 12. The normalized spacial score (nSPS) is 20.9. The summed E-state index contributed by atoms with van der Waals surface area (Å²) in [4.78, 5) is 35.5. The molecule has 7 nitrogen and oxygen atoms in total. The number of ketones is 1. The summed E-state index contributed by atoms with van der Waals surface area (Å²) in [6, 6.07) is 0.120. The van der Waals surface area contributed by atoms with E-state index in [1.54, 1.807) is 0 Å². The van der Waals surface area contributed by atoms with Crippen LogP contribution in [-0.4, -0.2) is 56.1 Å². The quantitative estimate of drug-likeness (QED) is 0.501. The van der Waals surface area contributed by atoms with E-state index in [0.29, 0.717) is 12.3 Å². The molecule has 0 aromatic heterocycles. The first-order valence-electron chi connectivity index (χ1n) is 10.1. The van der Waals surface area contributed by atoms with Crippen LogP contribution in [0.25, 0.3) is 0 Å². The Balaban J connectivity index is 0.